The van der Waals surface area contributed by atoms with Crippen molar-refractivity contribution in [2.45, 2.75) is 19.4 Å². The second kappa shape index (κ2) is 6.26. The smallest absolute Gasteiger partial charge is 0.231 e. The van der Waals surface area contributed by atoms with Crippen molar-refractivity contribution in [1.29, 1.82) is 0 Å². The highest BCUT2D eigenvalue weighted by Gasteiger charge is 2.18. The van der Waals surface area contributed by atoms with Gasteiger partial charge in [0.2, 0.25) is 12.7 Å². The van der Waals surface area contributed by atoms with Gasteiger partial charge in [-0.3, -0.25) is 0 Å². The van der Waals surface area contributed by atoms with Crippen LogP contribution in [-0.2, 0) is 6.42 Å². The zero-order valence-corrected chi connectivity index (χ0v) is 14.2. The van der Waals surface area contributed by atoms with E-state index in [9.17, 15) is 5.11 Å². The quantitative estimate of drug-likeness (QED) is 0.788. The first kappa shape index (κ1) is 15.7. The minimum atomic E-state index is -0.744. The van der Waals surface area contributed by atoms with Gasteiger partial charge < -0.3 is 19.3 Å². The van der Waals surface area contributed by atoms with Crippen LogP contribution < -0.4 is 14.2 Å². The lowest BCUT2D eigenvalue weighted by atomic mass is 9.99. The molecule has 1 aromatic heterocycles. The van der Waals surface area contributed by atoms with E-state index in [1.54, 1.807) is 7.11 Å². The minimum absolute atomic E-state index is 0.220. The van der Waals surface area contributed by atoms with Gasteiger partial charge in [-0.15, -0.1) is 0 Å². The molecule has 128 valence electrons. The molecule has 0 spiro atoms. The number of aromatic nitrogens is 1. The summed E-state index contributed by atoms with van der Waals surface area (Å²) in [7, 11) is 1.63. The first-order valence-electron chi connectivity index (χ1n) is 8.24. The molecule has 0 amide bonds. The molecule has 0 saturated carbocycles. The molecular weight excluding hydrogens is 318 g/mol. The lowest BCUT2D eigenvalue weighted by molar-refractivity contribution is 0.173. The number of hydrogen-bond acceptors (Lipinski definition) is 5. The van der Waals surface area contributed by atoms with Crippen LogP contribution in [0.1, 0.15) is 29.7 Å². The molecule has 1 unspecified atom stereocenters. The third-order valence-corrected chi connectivity index (χ3v) is 4.48. The summed E-state index contributed by atoms with van der Waals surface area (Å²) in [6.07, 6.45) is 0.0900. The second-order valence-electron chi connectivity index (χ2n) is 5.98. The van der Waals surface area contributed by atoms with Gasteiger partial charge in [-0.25, -0.2) is 4.98 Å². The van der Waals surface area contributed by atoms with Crippen LogP contribution >= 0.6 is 0 Å². The second-order valence-corrected chi connectivity index (χ2v) is 5.98. The maximum Gasteiger partial charge on any atom is 0.231 e. The molecular formula is C20H19NO4. The molecule has 25 heavy (non-hydrogen) atoms. The Morgan fingerprint density at radius 2 is 1.84 bits per heavy atom. The van der Waals surface area contributed by atoms with Crippen molar-refractivity contribution in [2.24, 2.45) is 0 Å². The highest BCUT2D eigenvalue weighted by Crippen LogP contribution is 2.36. The summed E-state index contributed by atoms with van der Waals surface area (Å²) in [5, 5.41) is 11.7. The van der Waals surface area contributed by atoms with E-state index in [1.807, 2.05) is 36.4 Å². The molecule has 5 heteroatoms. The Balaban J connectivity index is 1.73. The van der Waals surface area contributed by atoms with Gasteiger partial charge in [0, 0.05) is 10.9 Å². The predicted octanol–water partition coefficient (Wildman–Crippen LogP) is 3.62. The Kier molecular flexibility index (Phi) is 3.93. The van der Waals surface area contributed by atoms with Crippen LogP contribution in [0.3, 0.4) is 0 Å². The van der Waals surface area contributed by atoms with E-state index >= 15 is 0 Å². The van der Waals surface area contributed by atoms with Crippen LogP contribution in [0.5, 0.6) is 17.4 Å². The fourth-order valence-corrected chi connectivity index (χ4v) is 3.10. The fourth-order valence-electron chi connectivity index (χ4n) is 3.10. The van der Waals surface area contributed by atoms with Gasteiger partial charge in [-0.05, 0) is 47.9 Å². The summed E-state index contributed by atoms with van der Waals surface area (Å²) in [4.78, 5) is 4.54. The average Bonchev–Trinajstić information content (AvgIpc) is 3.13. The van der Waals surface area contributed by atoms with Gasteiger partial charge in [0.15, 0.2) is 11.5 Å². The molecule has 1 aliphatic rings. The molecule has 0 saturated heterocycles. The predicted molar refractivity (Wildman–Crippen MR) is 94.3 cm³/mol. The van der Waals surface area contributed by atoms with E-state index in [0.29, 0.717) is 17.4 Å². The maximum absolute atomic E-state index is 10.8. The van der Waals surface area contributed by atoms with Gasteiger partial charge in [-0.2, -0.15) is 0 Å². The number of rotatable bonds is 4. The summed E-state index contributed by atoms with van der Waals surface area (Å²) < 4.78 is 16.1. The Morgan fingerprint density at radius 3 is 2.64 bits per heavy atom. The third kappa shape index (κ3) is 2.76. The molecule has 1 aliphatic heterocycles. The molecule has 4 rings (SSSR count). The van der Waals surface area contributed by atoms with Crippen molar-refractivity contribution in [1.82, 2.24) is 4.98 Å². The van der Waals surface area contributed by atoms with Crippen molar-refractivity contribution < 1.29 is 19.3 Å². The summed E-state index contributed by atoms with van der Waals surface area (Å²) in [6, 6.07) is 13.3. The molecule has 2 heterocycles. The zero-order valence-electron chi connectivity index (χ0n) is 14.2. The Bertz CT molecular complexity index is 938. The molecule has 1 N–H and O–H groups in total. The standard InChI is InChI=1S/C20H19NO4/c1-3-12-8-15-9-13(4-6-16(15)21-20(12)23-2)19(22)14-5-7-17-18(10-14)25-11-24-17/h4-10,19,22H,3,11H2,1-2H3. The minimum Gasteiger partial charge on any atom is -0.481 e. The van der Waals surface area contributed by atoms with Gasteiger partial charge in [0.25, 0.3) is 0 Å². The number of aliphatic hydroxyl groups is 1. The number of fused-ring (bicyclic) bond motifs is 2. The number of nitrogens with zero attached hydrogens (tertiary/aromatic N) is 1. The lowest BCUT2D eigenvalue weighted by Gasteiger charge is -2.14. The van der Waals surface area contributed by atoms with E-state index < -0.39 is 6.10 Å². The molecule has 1 atom stereocenters. The summed E-state index contributed by atoms with van der Waals surface area (Å²) >= 11 is 0. The molecule has 5 nitrogen and oxygen atoms in total. The SMILES string of the molecule is CCc1cc2cc(C(O)c3ccc4c(c3)OCO4)ccc2nc1OC. The van der Waals surface area contributed by atoms with Gasteiger partial charge in [-0.1, -0.05) is 19.1 Å². The normalized spacial score (nSPS) is 13.9. The molecule has 2 aromatic carbocycles. The Labute approximate surface area is 145 Å². The molecule has 0 aliphatic carbocycles. The van der Waals surface area contributed by atoms with Gasteiger partial charge in [0.05, 0.1) is 12.6 Å². The van der Waals surface area contributed by atoms with Crippen molar-refractivity contribution in [3.63, 3.8) is 0 Å². The number of ether oxygens (including phenoxy) is 3. The van der Waals surface area contributed by atoms with Crippen LogP contribution in [0.15, 0.2) is 42.5 Å². The molecule has 0 radical (unpaired) electrons. The van der Waals surface area contributed by atoms with Gasteiger partial charge >= 0.3 is 0 Å². The van der Waals surface area contributed by atoms with E-state index in [2.05, 4.69) is 18.0 Å². The van der Waals surface area contributed by atoms with Gasteiger partial charge in [0.1, 0.15) is 6.10 Å². The van der Waals surface area contributed by atoms with Crippen molar-refractivity contribution in [2.75, 3.05) is 13.9 Å². The first-order valence-corrected chi connectivity index (χ1v) is 8.24. The number of aryl methyl sites for hydroxylation is 1. The summed E-state index contributed by atoms with van der Waals surface area (Å²) in [5.74, 6) is 2.02. The van der Waals surface area contributed by atoms with Crippen LogP contribution in [0.4, 0.5) is 0 Å². The molecule has 0 fully saturated rings. The van der Waals surface area contributed by atoms with Crippen LogP contribution in [-0.4, -0.2) is 24.0 Å². The number of methoxy groups -OCH3 is 1. The fraction of sp³-hybridized carbons (Fsp3) is 0.250. The number of pyridine rings is 1. The summed E-state index contributed by atoms with van der Waals surface area (Å²) in [6.45, 7) is 2.29. The number of benzene rings is 2. The van der Waals surface area contributed by atoms with E-state index in [1.165, 1.54) is 0 Å². The maximum atomic E-state index is 10.8. The topological polar surface area (TPSA) is 60.8 Å². The number of hydrogen-bond donors (Lipinski definition) is 1. The highest BCUT2D eigenvalue weighted by atomic mass is 16.7. The highest BCUT2D eigenvalue weighted by molar-refractivity contribution is 5.81. The number of aliphatic hydroxyl groups excluding tert-OH is 1. The van der Waals surface area contributed by atoms with Crippen molar-refractivity contribution in [3.05, 3.63) is 59.2 Å². The molecule has 3 aromatic rings. The van der Waals surface area contributed by atoms with Crippen LogP contribution in [0.2, 0.25) is 0 Å². The first-order chi connectivity index (χ1) is 12.2. The zero-order chi connectivity index (χ0) is 17.4. The van der Waals surface area contributed by atoms with Crippen LogP contribution in [0.25, 0.3) is 10.9 Å². The summed E-state index contributed by atoms with van der Waals surface area (Å²) in [5.41, 5.74) is 3.46. The lowest BCUT2D eigenvalue weighted by Crippen LogP contribution is -2.01. The van der Waals surface area contributed by atoms with E-state index in [0.717, 1.165) is 34.0 Å². The van der Waals surface area contributed by atoms with Crippen molar-refractivity contribution in [3.8, 4) is 17.4 Å². The third-order valence-electron chi connectivity index (χ3n) is 4.48. The Morgan fingerprint density at radius 1 is 1.08 bits per heavy atom. The monoisotopic (exact) mass is 337 g/mol. The van der Waals surface area contributed by atoms with E-state index in [-0.39, 0.29) is 6.79 Å². The average molecular weight is 337 g/mol. The largest absolute Gasteiger partial charge is 0.481 e. The Hall–Kier alpha value is -2.79. The van der Waals surface area contributed by atoms with Crippen LogP contribution in [0, 0.1) is 0 Å². The van der Waals surface area contributed by atoms with Crippen molar-refractivity contribution >= 4 is 10.9 Å². The molecule has 0 bridgehead atoms. The van der Waals surface area contributed by atoms with E-state index in [4.69, 9.17) is 14.2 Å².